The summed E-state index contributed by atoms with van der Waals surface area (Å²) < 4.78 is 10.7. The van der Waals surface area contributed by atoms with Crippen molar-refractivity contribution in [2.75, 3.05) is 0 Å². The molecule has 0 aliphatic rings. The van der Waals surface area contributed by atoms with E-state index in [1.807, 2.05) is 36.4 Å². The van der Waals surface area contributed by atoms with E-state index in [1.165, 1.54) is 0 Å². The highest BCUT2D eigenvalue weighted by molar-refractivity contribution is 5.72. The molecule has 0 aliphatic heterocycles. The van der Waals surface area contributed by atoms with Crippen LogP contribution in [0.1, 0.15) is 23.4 Å². The number of fused-ring (bicyclic) bond motifs is 1. The monoisotopic (exact) mass is 306 g/mol. The summed E-state index contributed by atoms with van der Waals surface area (Å²) in [7, 11) is 0. The van der Waals surface area contributed by atoms with Gasteiger partial charge in [-0.05, 0) is 36.2 Å². The van der Waals surface area contributed by atoms with Crippen molar-refractivity contribution in [3.63, 3.8) is 0 Å². The molecule has 0 aliphatic carbocycles. The molecule has 0 radical (unpaired) electrons. The first-order chi connectivity index (χ1) is 11.2. The Balaban J connectivity index is 1.50. The topological polar surface area (TPSA) is 76.1 Å². The third-order valence-electron chi connectivity index (χ3n) is 3.40. The summed E-state index contributed by atoms with van der Waals surface area (Å²) >= 11 is 0. The fourth-order valence-electron chi connectivity index (χ4n) is 2.19. The Morgan fingerprint density at radius 2 is 1.96 bits per heavy atom. The van der Waals surface area contributed by atoms with Crippen molar-refractivity contribution in [2.45, 2.75) is 19.4 Å². The van der Waals surface area contributed by atoms with Crippen LogP contribution in [0.15, 0.2) is 52.9 Å². The van der Waals surface area contributed by atoms with Crippen molar-refractivity contribution >= 4 is 17.1 Å². The van der Waals surface area contributed by atoms with E-state index in [0.717, 1.165) is 11.1 Å². The minimum Gasteiger partial charge on any atom is -0.456 e. The number of benzene rings is 2. The minimum absolute atomic E-state index is 0.0287. The van der Waals surface area contributed by atoms with Gasteiger partial charge in [0.15, 0.2) is 12.2 Å². The van der Waals surface area contributed by atoms with Crippen LogP contribution in [0.3, 0.4) is 0 Å². The van der Waals surface area contributed by atoms with Gasteiger partial charge in [-0.25, -0.2) is 4.98 Å². The minimum atomic E-state index is -0.309. The van der Waals surface area contributed by atoms with Crippen LogP contribution in [0.25, 0.3) is 11.1 Å². The predicted octanol–water partition coefficient (Wildman–Crippen LogP) is 3.38. The number of nitrogens with zero attached hydrogens (tertiary/aromatic N) is 2. The molecule has 0 atom stereocenters. The number of oxazole rings is 1. The maximum atomic E-state index is 11.8. The molecular formula is C18H14N2O3. The zero-order valence-electron chi connectivity index (χ0n) is 12.4. The smallest absolute Gasteiger partial charge is 0.306 e. The number of ether oxygens (including phenoxy) is 1. The molecule has 0 bridgehead atoms. The summed E-state index contributed by atoms with van der Waals surface area (Å²) in [6.07, 6.45) is 0.838. The van der Waals surface area contributed by atoms with Gasteiger partial charge in [-0.1, -0.05) is 24.3 Å². The Morgan fingerprint density at radius 1 is 1.17 bits per heavy atom. The maximum absolute atomic E-state index is 11.8. The molecule has 2 aromatic carbocycles. The van der Waals surface area contributed by atoms with Crippen molar-refractivity contribution in [1.82, 2.24) is 4.98 Å². The van der Waals surface area contributed by atoms with E-state index >= 15 is 0 Å². The lowest BCUT2D eigenvalue weighted by molar-refractivity contribution is -0.145. The molecule has 0 N–H and O–H groups in total. The van der Waals surface area contributed by atoms with Gasteiger partial charge >= 0.3 is 5.97 Å². The van der Waals surface area contributed by atoms with Gasteiger partial charge < -0.3 is 9.15 Å². The molecule has 114 valence electrons. The molecule has 1 aromatic heterocycles. The van der Waals surface area contributed by atoms with Gasteiger partial charge in [-0.3, -0.25) is 4.79 Å². The van der Waals surface area contributed by atoms with Gasteiger partial charge in [0.05, 0.1) is 11.6 Å². The molecule has 3 aromatic rings. The Morgan fingerprint density at radius 3 is 2.70 bits per heavy atom. The van der Waals surface area contributed by atoms with E-state index in [4.69, 9.17) is 14.4 Å². The SMILES string of the molecule is N#Cc1ccc(CCC(=O)OCc2nc3ccccc3o2)cc1. The first-order valence-corrected chi connectivity index (χ1v) is 7.24. The normalized spacial score (nSPS) is 10.4. The number of carbonyl (C=O) groups is 1. The second-order valence-corrected chi connectivity index (χ2v) is 5.04. The highest BCUT2D eigenvalue weighted by Crippen LogP contribution is 2.15. The number of aromatic nitrogens is 1. The van der Waals surface area contributed by atoms with Crippen LogP contribution in [-0.4, -0.2) is 11.0 Å². The van der Waals surface area contributed by atoms with Gasteiger partial charge in [0, 0.05) is 6.42 Å². The van der Waals surface area contributed by atoms with Crippen molar-refractivity contribution in [1.29, 1.82) is 5.26 Å². The number of hydrogen-bond donors (Lipinski definition) is 0. The third kappa shape index (κ3) is 3.74. The van der Waals surface area contributed by atoms with Crippen LogP contribution in [0, 0.1) is 11.3 Å². The van der Waals surface area contributed by atoms with Gasteiger partial charge in [0.25, 0.3) is 0 Å². The van der Waals surface area contributed by atoms with Crippen LogP contribution < -0.4 is 0 Å². The molecule has 0 saturated heterocycles. The number of esters is 1. The van der Waals surface area contributed by atoms with Crippen LogP contribution >= 0.6 is 0 Å². The van der Waals surface area contributed by atoms with Crippen LogP contribution in [0.2, 0.25) is 0 Å². The van der Waals surface area contributed by atoms with Crippen molar-refractivity contribution < 1.29 is 13.9 Å². The van der Waals surface area contributed by atoms with E-state index in [-0.39, 0.29) is 19.0 Å². The summed E-state index contributed by atoms with van der Waals surface area (Å²) in [5.41, 5.74) is 3.02. The van der Waals surface area contributed by atoms with Crippen LogP contribution in [-0.2, 0) is 22.6 Å². The Bertz CT molecular complexity index is 827. The largest absolute Gasteiger partial charge is 0.456 e. The Labute approximate surface area is 133 Å². The lowest BCUT2D eigenvalue weighted by Crippen LogP contribution is -2.06. The summed E-state index contributed by atoms with van der Waals surface area (Å²) in [4.78, 5) is 16.0. The first kappa shape index (κ1) is 14.8. The third-order valence-corrected chi connectivity index (χ3v) is 3.40. The van der Waals surface area contributed by atoms with Gasteiger partial charge in [0.1, 0.15) is 5.52 Å². The van der Waals surface area contributed by atoms with Crippen LogP contribution in [0.4, 0.5) is 0 Å². The molecule has 5 nitrogen and oxygen atoms in total. The van der Waals surface area contributed by atoms with Crippen LogP contribution in [0.5, 0.6) is 0 Å². The van der Waals surface area contributed by atoms with Crippen molar-refractivity contribution in [3.05, 3.63) is 65.5 Å². The zero-order valence-corrected chi connectivity index (χ0v) is 12.4. The van der Waals surface area contributed by atoms with Crippen molar-refractivity contribution in [2.24, 2.45) is 0 Å². The molecule has 0 spiro atoms. The number of nitriles is 1. The highest BCUT2D eigenvalue weighted by atomic mass is 16.5. The summed E-state index contributed by atoms with van der Waals surface area (Å²) in [6, 6.07) is 16.6. The van der Waals surface area contributed by atoms with E-state index in [9.17, 15) is 4.79 Å². The predicted molar refractivity (Wildman–Crippen MR) is 83.3 cm³/mol. The molecule has 0 amide bonds. The fourth-order valence-corrected chi connectivity index (χ4v) is 2.19. The number of hydrogen-bond acceptors (Lipinski definition) is 5. The molecule has 23 heavy (non-hydrogen) atoms. The second-order valence-electron chi connectivity index (χ2n) is 5.04. The number of para-hydroxylation sites is 2. The van der Waals surface area contributed by atoms with E-state index in [1.54, 1.807) is 12.1 Å². The van der Waals surface area contributed by atoms with Gasteiger partial charge in [0.2, 0.25) is 5.89 Å². The Hall–Kier alpha value is -3.13. The van der Waals surface area contributed by atoms with E-state index < -0.39 is 0 Å². The lowest BCUT2D eigenvalue weighted by atomic mass is 10.1. The van der Waals surface area contributed by atoms with Gasteiger partial charge in [-0.15, -0.1) is 0 Å². The molecule has 0 fully saturated rings. The number of rotatable bonds is 5. The standard InChI is InChI=1S/C18H14N2O3/c19-11-14-7-5-13(6-8-14)9-10-18(21)22-12-17-20-15-3-1-2-4-16(15)23-17/h1-8H,9-10,12H2. The lowest BCUT2D eigenvalue weighted by Gasteiger charge is -2.03. The average Bonchev–Trinajstić information content (AvgIpc) is 3.01. The molecule has 1 heterocycles. The summed E-state index contributed by atoms with van der Waals surface area (Å²) in [6.45, 7) is 0.0287. The quantitative estimate of drug-likeness (QED) is 0.675. The highest BCUT2D eigenvalue weighted by Gasteiger charge is 2.09. The summed E-state index contributed by atoms with van der Waals surface area (Å²) in [5.74, 6) is 0.0783. The number of aryl methyl sites for hydroxylation is 1. The summed E-state index contributed by atoms with van der Waals surface area (Å²) in [5, 5.41) is 8.74. The molecule has 5 heteroatoms. The van der Waals surface area contributed by atoms with Gasteiger partial charge in [-0.2, -0.15) is 5.26 Å². The van der Waals surface area contributed by atoms with E-state index in [0.29, 0.717) is 23.5 Å². The zero-order chi connectivity index (χ0) is 16.1. The average molecular weight is 306 g/mol. The fraction of sp³-hybridized carbons (Fsp3) is 0.167. The second kappa shape index (κ2) is 6.75. The molecule has 3 rings (SSSR count). The maximum Gasteiger partial charge on any atom is 0.306 e. The van der Waals surface area contributed by atoms with Crippen molar-refractivity contribution in [3.8, 4) is 6.07 Å². The molecular weight excluding hydrogens is 292 g/mol. The van der Waals surface area contributed by atoms with E-state index in [2.05, 4.69) is 11.1 Å². The molecule has 0 unspecified atom stereocenters. The number of carbonyl (C=O) groups excluding carboxylic acids is 1. The Kier molecular flexibility index (Phi) is 4.34. The first-order valence-electron chi connectivity index (χ1n) is 7.24. The molecule has 0 saturated carbocycles.